The molecule has 1 fully saturated rings. The molecule has 1 aromatic rings. The minimum absolute atomic E-state index is 0.174. The van der Waals surface area contributed by atoms with Crippen molar-refractivity contribution in [2.45, 2.75) is 44.9 Å². The molecule has 0 atom stereocenters. The third-order valence-electron chi connectivity index (χ3n) is 3.34. The smallest absolute Gasteiger partial charge is 0.339 e. The van der Waals surface area contributed by atoms with Gasteiger partial charge in [-0.1, -0.05) is 19.3 Å². The highest BCUT2D eigenvalue weighted by molar-refractivity contribution is 5.90. The van der Waals surface area contributed by atoms with Crippen LogP contribution >= 0.6 is 0 Å². The van der Waals surface area contributed by atoms with Gasteiger partial charge in [0.25, 0.3) is 0 Å². The van der Waals surface area contributed by atoms with E-state index in [4.69, 9.17) is 5.73 Å². The first-order valence-electron chi connectivity index (χ1n) is 5.97. The number of aromatic carboxylic acids is 1. The Morgan fingerprint density at radius 3 is 2.53 bits per heavy atom. The van der Waals surface area contributed by atoms with Crippen molar-refractivity contribution >= 4 is 11.9 Å². The minimum atomic E-state index is -0.955. The van der Waals surface area contributed by atoms with Crippen molar-refractivity contribution in [3.05, 3.63) is 17.0 Å². The Morgan fingerprint density at radius 2 is 1.94 bits per heavy atom. The van der Waals surface area contributed by atoms with Gasteiger partial charge in [0.1, 0.15) is 5.56 Å². The van der Waals surface area contributed by atoms with E-state index in [1.807, 2.05) is 0 Å². The van der Waals surface area contributed by atoms with E-state index in [9.17, 15) is 9.90 Å². The van der Waals surface area contributed by atoms with E-state index < -0.39 is 5.97 Å². The van der Waals surface area contributed by atoms with Gasteiger partial charge >= 0.3 is 5.97 Å². The van der Waals surface area contributed by atoms with Crippen LogP contribution in [0.4, 0.5) is 5.95 Å². The summed E-state index contributed by atoms with van der Waals surface area (Å²) in [5, 5.41) is 9.25. The van der Waals surface area contributed by atoms with Gasteiger partial charge in [-0.15, -0.1) is 0 Å². The molecule has 0 saturated heterocycles. The zero-order chi connectivity index (χ0) is 12.4. The summed E-state index contributed by atoms with van der Waals surface area (Å²) in [4.78, 5) is 19.4. The number of carboxylic acid groups (broad SMARTS) is 1. The minimum Gasteiger partial charge on any atom is -0.478 e. The SMILES string of the molecule is Cc1nc(N)nc(C2CCCCC2)c1C(=O)O. The molecule has 0 spiro atoms. The highest BCUT2D eigenvalue weighted by atomic mass is 16.4. The quantitative estimate of drug-likeness (QED) is 0.819. The van der Waals surface area contributed by atoms with Crippen LogP contribution in [0.5, 0.6) is 0 Å². The molecule has 2 rings (SSSR count). The average Bonchev–Trinajstić information content (AvgIpc) is 2.28. The number of rotatable bonds is 2. The van der Waals surface area contributed by atoms with E-state index >= 15 is 0 Å². The van der Waals surface area contributed by atoms with Gasteiger partial charge in [0.05, 0.1) is 11.4 Å². The van der Waals surface area contributed by atoms with Crippen LogP contribution in [0.2, 0.25) is 0 Å². The Labute approximate surface area is 100 Å². The lowest BCUT2D eigenvalue weighted by Crippen LogP contribution is -2.17. The van der Waals surface area contributed by atoms with Crippen LogP contribution in [0.3, 0.4) is 0 Å². The summed E-state index contributed by atoms with van der Waals surface area (Å²) in [6.07, 6.45) is 5.48. The van der Waals surface area contributed by atoms with E-state index in [0.717, 1.165) is 25.7 Å². The topological polar surface area (TPSA) is 89.1 Å². The van der Waals surface area contributed by atoms with Crippen molar-refractivity contribution in [3.8, 4) is 0 Å². The summed E-state index contributed by atoms with van der Waals surface area (Å²) in [7, 11) is 0. The van der Waals surface area contributed by atoms with Gasteiger partial charge in [-0.2, -0.15) is 0 Å². The predicted octanol–water partition coefficient (Wildman–Crippen LogP) is 2.11. The lowest BCUT2D eigenvalue weighted by molar-refractivity contribution is 0.0692. The summed E-state index contributed by atoms with van der Waals surface area (Å²) < 4.78 is 0. The van der Waals surface area contributed by atoms with Gasteiger partial charge in [-0.3, -0.25) is 0 Å². The van der Waals surface area contributed by atoms with E-state index in [0.29, 0.717) is 11.4 Å². The molecule has 0 unspecified atom stereocenters. The van der Waals surface area contributed by atoms with Gasteiger partial charge in [0.2, 0.25) is 5.95 Å². The molecule has 0 bridgehead atoms. The first-order chi connectivity index (χ1) is 8.09. The molecule has 3 N–H and O–H groups in total. The summed E-state index contributed by atoms with van der Waals surface area (Å²) >= 11 is 0. The molecule has 1 aliphatic carbocycles. The van der Waals surface area contributed by atoms with Crippen LogP contribution in [-0.2, 0) is 0 Å². The number of aromatic nitrogens is 2. The van der Waals surface area contributed by atoms with Gasteiger partial charge in [0, 0.05) is 5.92 Å². The lowest BCUT2D eigenvalue weighted by atomic mass is 9.85. The van der Waals surface area contributed by atoms with E-state index in [-0.39, 0.29) is 17.4 Å². The van der Waals surface area contributed by atoms with Crippen LogP contribution in [0.1, 0.15) is 59.8 Å². The number of nitrogen functional groups attached to an aromatic ring is 1. The van der Waals surface area contributed by atoms with Crippen molar-refractivity contribution in [2.24, 2.45) is 0 Å². The maximum absolute atomic E-state index is 11.3. The molecule has 17 heavy (non-hydrogen) atoms. The molecular weight excluding hydrogens is 218 g/mol. The number of nitrogens with two attached hydrogens (primary N) is 1. The van der Waals surface area contributed by atoms with Crippen LogP contribution in [-0.4, -0.2) is 21.0 Å². The first-order valence-corrected chi connectivity index (χ1v) is 5.97. The van der Waals surface area contributed by atoms with E-state index in [2.05, 4.69) is 9.97 Å². The monoisotopic (exact) mass is 235 g/mol. The van der Waals surface area contributed by atoms with Gasteiger partial charge in [-0.25, -0.2) is 14.8 Å². The van der Waals surface area contributed by atoms with E-state index in [1.165, 1.54) is 6.42 Å². The fourth-order valence-electron chi connectivity index (χ4n) is 2.55. The molecule has 5 nitrogen and oxygen atoms in total. The Balaban J connectivity index is 2.46. The van der Waals surface area contributed by atoms with E-state index in [1.54, 1.807) is 6.92 Å². The van der Waals surface area contributed by atoms with Crippen LogP contribution in [0.25, 0.3) is 0 Å². The van der Waals surface area contributed by atoms with Crippen LogP contribution < -0.4 is 5.73 Å². The van der Waals surface area contributed by atoms with Crippen molar-refractivity contribution in [2.75, 3.05) is 5.73 Å². The molecule has 1 aromatic heterocycles. The predicted molar refractivity (Wildman–Crippen MR) is 64.0 cm³/mol. The van der Waals surface area contributed by atoms with Crippen molar-refractivity contribution in [1.82, 2.24) is 9.97 Å². The summed E-state index contributed by atoms with van der Waals surface area (Å²) in [5.74, 6) is -0.560. The van der Waals surface area contributed by atoms with Crippen molar-refractivity contribution < 1.29 is 9.90 Å². The van der Waals surface area contributed by atoms with Gasteiger partial charge in [0.15, 0.2) is 0 Å². The number of carboxylic acids is 1. The fraction of sp³-hybridized carbons (Fsp3) is 0.583. The molecule has 0 amide bonds. The highest BCUT2D eigenvalue weighted by Crippen LogP contribution is 2.34. The third kappa shape index (κ3) is 2.38. The van der Waals surface area contributed by atoms with Gasteiger partial charge in [-0.05, 0) is 19.8 Å². The normalized spacial score (nSPS) is 17.0. The maximum Gasteiger partial charge on any atom is 0.339 e. The zero-order valence-electron chi connectivity index (χ0n) is 9.94. The Bertz CT molecular complexity index is 440. The molecule has 1 heterocycles. The molecule has 92 valence electrons. The Morgan fingerprint density at radius 1 is 1.29 bits per heavy atom. The second kappa shape index (κ2) is 4.69. The fourth-order valence-corrected chi connectivity index (χ4v) is 2.55. The third-order valence-corrected chi connectivity index (χ3v) is 3.34. The number of anilines is 1. The molecule has 5 heteroatoms. The van der Waals surface area contributed by atoms with Gasteiger partial charge < -0.3 is 10.8 Å². The largest absolute Gasteiger partial charge is 0.478 e. The number of hydrogen-bond donors (Lipinski definition) is 2. The molecule has 0 aromatic carbocycles. The van der Waals surface area contributed by atoms with Crippen LogP contribution in [0, 0.1) is 6.92 Å². The standard InChI is InChI=1S/C12H17N3O2/c1-7-9(11(16)17)10(15-12(13)14-7)8-5-3-2-4-6-8/h8H,2-6H2,1H3,(H,16,17)(H2,13,14,15). The molecule has 1 saturated carbocycles. The molecular formula is C12H17N3O2. The molecule has 0 aliphatic heterocycles. The number of nitrogens with zero attached hydrogens (tertiary/aromatic N) is 2. The zero-order valence-corrected chi connectivity index (χ0v) is 9.94. The Hall–Kier alpha value is -1.65. The average molecular weight is 235 g/mol. The number of aryl methyl sites for hydroxylation is 1. The number of hydrogen-bond acceptors (Lipinski definition) is 4. The summed E-state index contributed by atoms with van der Waals surface area (Å²) in [5.41, 5.74) is 6.95. The first kappa shape index (κ1) is 11.8. The second-order valence-corrected chi connectivity index (χ2v) is 4.57. The molecule has 1 aliphatic rings. The number of carbonyl (C=O) groups is 1. The van der Waals surface area contributed by atoms with Crippen molar-refractivity contribution in [3.63, 3.8) is 0 Å². The molecule has 0 radical (unpaired) electrons. The second-order valence-electron chi connectivity index (χ2n) is 4.57. The van der Waals surface area contributed by atoms with Crippen molar-refractivity contribution in [1.29, 1.82) is 0 Å². The Kier molecular flexibility index (Phi) is 3.26. The maximum atomic E-state index is 11.3. The lowest BCUT2D eigenvalue weighted by Gasteiger charge is -2.22. The highest BCUT2D eigenvalue weighted by Gasteiger charge is 2.25. The summed E-state index contributed by atoms with van der Waals surface area (Å²) in [6, 6.07) is 0. The van der Waals surface area contributed by atoms with Crippen LogP contribution in [0.15, 0.2) is 0 Å². The summed E-state index contributed by atoms with van der Waals surface area (Å²) in [6.45, 7) is 1.67.